The highest BCUT2D eigenvalue weighted by Crippen LogP contribution is 2.35. The third-order valence-corrected chi connectivity index (χ3v) is 5.95. The van der Waals surface area contributed by atoms with Gasteiger partial charge in [0.1, 0.15) is 0 Å². The van der Waals surface area contributed by atoms with Crippen molar-refractivity contribution in [3.8, 4) is 16.8 Å². The summed E-state index contributed by atoms with van der Waals surface area (Å²) in [6, 6.07) is 17.8. The Balaban J connectivity index is 1.75. The van der Waals surface area contributed by atoms with E-state index in [0.29, 0.717) is 0 Å². The lowest BCUT2D eigenvalue weighted by atomic mass is 10.0. The van der Waals surface area contributed by atoms with Gasteiger partial charge in [-0.15, -0.1) is 0 Å². The van der Waals surface area contributed by atoms with Crippen LogP contribution in [0.15, 0.2) is 60.9 Å². The van der Waals surface area contributed by atoms with Gasteiger partial charge in [-0.25, -0.2) is 0 Å². The van der Waals surface area contributed by atoms with Crippen molar-refractivity contribution in [2.75, 3.05) is 13.6 Å². The van der Waals surface area contributed by atoms with Crippen LogP contribution in [0.4, 0.5) is 0 Å². The Morgan fingerprint density at radius 2 is 1.89 bits per heavy atom. The fourth-order valence-corrected chi connectivity index (χ4v) is 4.48. The second-order valence-corrected chi connectivity index (χ2v) is 8.01. The van der Waals surface area contributed by atoms with Crippen LogP contribution in [0.1, 0.15) is 22.4 Å². The maximum atomic E-state index is 4.34. The van der Waals surface area contributed by atoms with Crippen molar-refractivity contribution >= 4 is 10.9 Å². The summed E-state index contributed by atoms with van der Waals surface area (Å²) in [6.07, 6.45) is 4.91. The average molecular weight is 367 g/mol. The second-order valence-electron chi connectivity index (χ2n) is 8.01. The van der Waals surface area contributed by atoms with Crippen molar-refractivity contribution in [1.82, 2.24) is 14.5 Å². The molecular weight excluding hydrogens is 342 g/mol. The lowest BCUT2D eigenvalue weighted by Gasteiger charge is -2.24. The highest BCUT2D eigenvalue weighted by atomic mass is 15.1. The summed E-state index contributed by atoms with van der Waals surface area (Å²) in [7, 11) is 2.22. The molecule has 0 atom stereocenters. The number of aromatic nitrogens is 2. The lowest BCUT2D eigenvalue weighted by Crippen LogP contribution is -2.27. The molecule has 0 saturated carbocycles. The zero-order valence-corrected chi connectivity index (χ0v) is 16.7. The minimum absolute atomic E-state index is 1.02. The Bertz CT molecular complexity index is 1190. The molecule has 0 aliphatic carbocycles. The van der Waals surface area contributed by atoms with Gasteiger partial charge in [-0.2, -0.15) is 0 Å². The van der Waals surface area contributed by atoms with Gasteiger partial charge in [0.15, 0.2) is 0 Å². The van der Waals surface area contributed by atoms with Crippen LogP contribution in [0, 0.1) is 13.8 Å². The van der Waals surface area contributed by atoms with E-state index in [1.54, 1.807) is 0 Å². The Morgan fingerprint density at radius 3 is 2.75 bits per heavy atom. The number of benzene rings is 2. The van der Waals surface area contributed by atoms with Crippen molar-refractivity contribution < 1.29 is 0 Å². The zero-order valence-electron chi connectivity index (χ0n) is 16.7. The molecule has 0 bridgehead atoms. The van der Waals surface area contributed by atoms with E-state index in [2.05, 4.69) is 83.9 Å². The van der Waals surface area contributed by atoms with E-state index in [9.17, 15) is 0 Å². The van der Waals surface area contributed by atoms with E-state index in [-0.39, 0.29) is 0 Å². The number of likely N-dealkylation sites (N-methyl/N-ethyl adjacent to an activating group) is 1. The van der Waals surface area contributed by atoms with Gasteiger partial charge in [-0.05, 0) is 67.9 Å². The van der Waals surface area contributed by atoms with Gasteiger partial charge in [0.2, 0.25) is 0 Å². The number of hydrogen-bond donors (Lipinski definition) is 0. The van der Waals surface area contributed by atoms with E-state index in [1.807, 2.05) is 12.4 Å². The number of nitrogens with zero attached hydrogens (tertiary/aromatic N) is 3. The van der Waals surface area contributed by atoms with Crippen LogP contribution >= 0.6 is 0 Å². The predicted octanol–water partition coefficient (Wildman–Crippen LogP) is 5.30. The van der Waals surface area contributed by atoms with Gasteiger partial charge in [-0.3, -0.25) is 4.98 Å². The zero-order chi connectivity index (χ0) is 19.3. The predicted molar refractivity (Wildman–Crippen MR) is 116 cm³/mol. The van der Waals surface area contributed by atoms with E-state index < -0.39 is 0 Å². The van der Waals surface area contributed by atoms with Crippen LogP contribution < -0.4 is 0 Å². The molecule has 0 fully saturated rings. The first-order chi connectivity index (χ1) is 13.6. The molecule has 2 aromatic carbocycles. The molecular formula is C25H25N3. The van der Waals surface area contributed by atoms with Crippen molar-refractivity contribution in [2.24, 2.45) is 0 Å². The van der Waals surface area contributed by atoms with Crippen molar-refractivity contribution in [3.05, 3.63) is 83.3 Å². The van der Waals surface area contributed by atoms with E-state index in [1.165, 1.54) is 50.1 Å². The summed E-state index contributed by atoms with van der Waals surface area (Å²) in [4.78, 5) is 6.76. The van der Waals surface area contributed by atoms with E-state index in [4.69, 9.17) is 0 Å². The summed E-state index contributed by atoms with van der Waals surface area (Å²) in [6.45, 7) is 6.45. The fraction of sp³-hybridized carbons (Fsp3) is 0.240. The van der Waals surface area contributed by atoms with Crippen molar-refractivity contribution in [1.29, 1.82) is 0 Å². The first-order valence-electron chi connectivity index (χ1n) is 9.94. The van der Waals surface area contributed by atoms with Gasteiger partial charge >= 0.3 is 0 Å². The van der Waals surface area contributed by atoms with E-state index >= 15 is 0 Å². The second kappa shape index (κ2) is 6.61. The summed E-state index contributed by atoms with van der Waals surface area (Å²) < 4.78 is 2.48. The molecule has 0 saturated heterocycles. The minimum Gasteiger partial charge on any atom is -0.313 e. The van der Waals surface area contributed by atoms with Gasteiger partial charge < -0.3 is 9.47 Å². The van der Waals surface area contributed by atoms with E-state index in [0.717, 1.165) is 19.5 Å². The molecule has 0 radical (unpaired) electrons. The van der Waals surface area contributed by atoms with Crippen LogP contribution in [0.2, 0.25) is 0 Å². The average Bonchev–Trinajstić information content (AvgIpc) is 3.01. The largest absolute Gasteiger partial charge is 0.313 e. The van der Waals surface area contributed by atoms with Crippen molar-refractivity contribution in [2.45, 2.75) is 26.8 Å². The lowest BCUT2D eigenvalue weighted by molar-refractivity contribution is 0.311. The summed E-state index contributed by atoms with van der Waals surface area (Å²) in [5.74, 6) is 0. The number of pyridine rings is 1. The standard InChI is InChI=1S/C25H25N3/c1-17-7-8-24-21(13-17)23-16-27(3)12-10-25(23)28(24)20-6-4-5-19(14-20)22-15-26-11-9-18(22)2/h4-9,11,13-15H,10,12,16H2,1-3H3. The molecule has 3 heteroatoms. The molecule has 0 unspecified atom stereocenters. The molecule has 1 aliphatic rings. The van der Waals surface area contributed by atoms with Crippen LogP contribution in [0.3, 0.4) is 0 Å². The molecule has 1 aliphatic heterocycles. The molecule has 28 heavy (non-hydrogen) atoms. The Labute approximate surface area is 166 Å². The third-order valence-electron chi connectivity index (χ3n) is 5.95. The summed E-state index contributed by atoms with van der Waals surface area (Å²) >= 11 is 0. The van der Waals surface area contributed by atoms with Gasteiger partial charge in [0, 0.05) is 54.2 Å². The van der Waals surface area contributed by atoms with Crippen LogP contribution in [-0.4, -0.2) is 28.0 Å². The molecule has 140 valence electrons. The first kappa shape index (κ1) is 17.2. The summed E-state index contributed by atoms with van der Waals surface area (Å²) in [5, 5.41) is 1.39. The topological polar surface area (TPSA) is 21.1 Å². The fourth-order valence-electron chi connectivity index (χ4n) is 4.48. The molecule has 0 amide bonds. The first-order valence-corrected chi connectivity index (χ1v) is 9.94. The van der Waals surface area contributed by atoms with Gasteiger partial charge in [0.25, 0.3) is 0 Å². The molecule has 3 heterocycles. The normalized spacial score (nSPS) is 14.4. The maximum Gasteiger partial charge on any atom is 0.0535 e. The molecule has 5 rings (SSSR count). The SMILES string of the molecule is Cc1ccc2c(c1)c1c(n2-c2cccc(-c3cnccc3C)c2)CCN(C)C1. The Kier molecular flexibility index (Phi) is 4.06. The van der Waals surface area contributed by atoms with Gasteiger partial charge in [-0.1, -0.05) is 23.8 Å². The number of aryl methyl sites for hydroxylation is 2. The smallest absolute Gasteiger partial charge is 0.0535 e. The molecule has 3 nitrogen and oxygen atoms in total. The molecule has 4 aromatic rings. The molecule has 0 N–H and O–H groups in total. The Morgan fingerprint density at radius 1 is 1.00 bits per heavy atom. The minimum atomic E-state index is 1.02. The van der Waals surface area contributed by atoms with Crippen LogP contribution in [0.5, 0.6) is 0 Å². The highest BCUT2D eigenvalue weighted by Gasteiger charge is 2.23. The Hall–Kier alpha value is -2.91. The van der Waals surface area contributed by atoms with Crippen LogP contribution in [0.25, 0.3) is 27.7 Å². The van der Waals surface area contributed by atoms with Gasteiger partial charge in [0.05, 0.1) is 5.52 Å². The number of rotatable bonds is 2. The monoisotopic (exact) mass is 367 g/mol. The van der Waals surface area contributed by atoms with Crippen LogP contribution in [-0.2, 0) is 13.0 Å². The highest BCUT2D eigenvalue weighted by molar-refractivity contribution is 5.88. The number of fused-ring (bicyclic) bond motifs is 3. The quantitative estimate of drug-likeness (QED) is 0.479. The van der Waals surface area contributed by atoms with Crippen molar-refractivity contribution in [3.63, 3.8) is 0 Å². The molecule has 0 spiro atoms. The summed E-state index contributed by atoms with van der Waals surface area (Å²) in [5.41, 5.74) is 10.5. The molecule has 2 aromatic heterocycles. The number of hydrogen-bond acceptors (Lipinski definition) is 2. The third kappa shape index (κ3) is 2.74. The maximum absolute atomic E-state index is 4.34.